The summed E-state index contributed by atoms with van der Waals surface area (Å²) in [6.07, 6.45) is 0. The van der Waals surface area contributed by atoms with Crippen molar-refractivity contribution < 1.29 is 19.4 Å². The van der Waals surface area contributed by atoms with Crippen LogP contribution in [0.2, 0.25) is 0 Å². The Labute approximate surface area is 69.3 Å². The number of ether oxygens (including phenoxy) is 2. The molecule has 0 atom stereocenters. The average Bonchev–Trinajstić information content (AvgIpc) is 2.09. The van der Waals surface area contributed by atoms with Crippen molar-refractivity contribution in [2.75, 3.05) is 7.11 Å². The lowest BCUT2D eigenvalue weighted by Crippen LogP contribution is -1.90. The van der Waals surface area contributed by atoms with Crippen molar-refractivity contribution in [2.45, 2.75) is 0 Å². The summed E-state index contributed by atoms with van der Waals surface area (Å²) in [6, 6.07) is 4.64. The topological polar surface area (TPSA) is 55.8 Å². The maximum Gasteiger partial charge on any atom is 0.298 e. The fraction of sp³-hybridized carbons (Fsp3) is 0.125. The Bertz CT molecular complexity index is 282. The molecule has 0 aliphatic rings. The third-order valence-corrected chi connectivity index (χ3v) is 1.36. The second-order valence-corrected chi connectivity index (χ2v) is 2.02. The fourth-order valence-corrected chi connectivity index (χ4v) is 0.814. The minimum absolute atomic E-state index is 0.0874. The second-order valence-electron chi connectivity index (χ2n) is 2.02. The lowest BCUT2D eigenvalue weighted by Gasteiger charge is -2.05. The normalized spacial score (nSPS) is 9.08. The number of aromatic hydroxyl groups is 1. The van der Waals surface area contributed by atoms with Gasteiger partial charge >= 0.3 is 0 Å². The van der Waals surface area contributed by atoms with Crippen LogP contribution in [-0.2, 0) is 4.79 Å². The van der Waals surface area contributed by atoms with Crippen molar-refractivity contribution in [1.29, 1.82) is 0 Å². The van der Waals surface area contributed by atoms with Gasteiger partial charge in [-0.15, -0.1) is 0 Å². The van der Waals surface area contributed by atoms with E-state index in [1.807, 2.05) is 0 Å². The predicted molar refractivity (Wildman–Crippen MR) is 41.4 cm³/mol. The van der Waals surface area contributed by atoms with E-state index in [0.29, 0.717) is 0 Å². The molecule has 1 aromatic carbocycles. The van der Waals surface area contributed by atoms with Crippen LogP contribution in [0.15, 0.2) is 18.2 Å². The highest BCUT2D eigenvalue weighted by Crippen LogP contribution is 2.34. The van der Waals surface area contributed by atoms with Crippen LogP contribution < -0.4 is 9.47 Å². The molecule has 12 heavy (non-hydrogen) atoms. The van der Waals surface area contributed by atoms with Gasteiger partial charge in [0.05, 0.1) is 7.11 Å². The Morgan fingerprint density at radius 3 is 2.67 bits per heavy atom. The first-order valence-electron chi connectivity index (χ1n) is 3.26. The molecule has 0 unspecified atom stereocenters. The maximum atomic E-state index is 9.95. The summed E-state index contributed by atoms with van der Waals surface area (Å²) < 4.78 is 9.25. The number of methoxy groups -OCH3 is 1. The number of rotatable bonds is 3. The van der Waals surface area contributed by atoms with Gasteiger partial charge in [-0.2, -0.15) is 0 Å². The van der Waals surface area contributed by atoms with Crippen LogP contribution in [0.5, 0.6) is 17.2 Å². The molecule has 0 spiro atoms. The third-order valence-electron chi connectivity index (χ3n) is 1.36. The first-order valence-corrected chi connectivity index (χ1v) is 3.26. The van der Waals surface area contributed by atoms with Crippen LogP contribution in [0, 0.1) is 0 Å². The summed E-state index contributed by atoms with van der Waals surface area (Å²) in [5, 5.41) is 9.31. The minimum Gasteiger partial charge on any atom is -0.502 e. The Morgan fingerprint density at radius 2 is 2.08 bits per heavy atom. The number of phenols is 1. The Kier molecular flexibility index (Phi) is 2.53. The van der Waals surface area contributed by atoms with Gasteiger partial charge in [-0.1, -0.05) is 6.07 Å². The molecule has 1 N–H and O–H groups in total. The SMILES string of the molecule is COc1cccc(OC=O)c1O. The highest BCUT2D eigenvalue weighted by molar-refractivity contribution is 5.55. The summed E-state index contributed by atoms with van der Waals surface area (Å²) in [7, 11) is 1.42. The monoisotopic (exact) mass is 168 g/mol. The Hall–Kier alpha value is -1.71. The number of benzene rings is 1. The van der Waals surface area contributed by atoms with E-state index in [2.05, 4.69) is 4.74 Å². The highest BCUT2D eigenvalue weighted by atomic mass is 16.5. The zero-order valence-electron chi connectivity index (χ0n) is 6.48. The first kappa shape index (κ1) is 8.39. The molecular weight excluding hydrogens is 160 g/mol. The van der Waals surface area contributed by atoms with Gasteiger partial charge in [0, 0.05) is 0 Å². The lowest BCUT2D eigenvalue weighted by atomic mass is 10.3. The third kappa shape index (κ3) is 1.47. The van der Waals surface area contributed by atoms with Crippen LogP contribution >= 0.6 is 0 Å². The Morgan fingerprint density at radius 1 is 1.42 bits per heavy atom. The quantitative estimate of drug-likeness (QED) is 0.682. The molecular formula is C8H8O4. The van der Waals surface area contributed by atoms with Gasteiger partial charge in [0.25, 0.3) is 6.47 Å². The number of para-hydroxylation sites is 1. The van der Waals surface area contributed by atoms with Gasteiger partial charge in [-0.3, -0.25) is 4.79 Å². The molecule has 0 saturated carbocycles. The average molecular weight is 168 g/mol. The second kappa shape index (κ2) is 3.61. The van der Waals surface area contributed by atoms with E-state index in [-0.39, 0.29) is 23.7 Å². The smallest absolute Gasteiger partial charge is 0.298 e. The van der Waals surface area contributed by atoms with Crippen LogP contribution in [0.4, 0.5) is 0 Å². The standard InChI is InChI=1S/C8H8O4/c1-11-6-3-2-4-7(8(6)10)12-5-9/h2-5,10H,1H3. The molecule has 0 aromatic heterocycles. The molecule has 0 saturated heterocycles. The molecule has 1 aromatic rings. The Balaban J connectivity index is 3.04. The number of carbonyl (C=O) groups is 1. The summed E-state index contributed by atoms with van der Waals surface area (Å²) in [4.78, 5) is 9.95. The van der Waals surface area contributed by atoms with Crippen molar-refractivity contribution in [2.24, 2.45) is 0 Å². The van der Waals surface area contributed by atoms with E-state index in [4.69, 9.17) is 4.74 Å². The summed E-state index contributed by atoms with van der Waals surface area (Å²) in [6.45, 7) is 0.245. The molecule has 0 radical (unpaired) electrons. The van der Waals surface area contributed by atoms with E-state index in [0.717, 1.165) is 0 Å². The summed E-state index contributed by atoms with van der Waals surface area (Å²) >= 11 is 0. The molecule has 4 heteroatoms. The van der Waals surface area contributed by atoms with Crippen LogP contribution in [0.3, 0.4) is 0 Å². The first-order chi connectivity index (χ1) is 5.79. The van der Waals surface area contributed by atoms with Crippen molar-refractivity contribution >= 4 is 6.47 Å². The number of carbonyl (C=O) groups excluding carboxylic acids is 1. The zero-order chi connectivity index (χ0) is 8.97. The number of hydrogen-bond donors (Lipinski definition) is 1. The summed E-state index contributed by atoms with van der Waals surface area (Å²) in [5.74, 6) is 0.186. The molecule has 0 amide bonds. The molecule has 4 nitrogen and oxygen atoms in total. The van der Waals surface area contributed by atoms with Crippen molar-refractivity contribution in [3.63, 3.8) is 0 Å². The van der Waals surface area contributed by atoms with E-state index >= 15 is 0 Å². The van der Waals surface area contributed by atoms with Gasteiger partial charge < -0.3 is 14.6 Å². The van der Waals surface area contributed by atoms with Crippen molar-refractivity contribution in [3.8, 4) is 17.2 Å². The summed E-state index contributed by atoms with van der Waals surface area (Å²) in [5.41, 5.74) is 0. The van der Waals surface area contributed by atoms with E-state index in [1.54, 1.807) is 12.1 Å². The molecule has 0 aliphatic heterocycles. The molecule has 64 valence electrons. The van der Waals surface area contributed by atoms with Gasteiger partial charge in [-0.05, 0) is 12.1 Å². The molecule has 1 rings (SSSR count). The maximum absolute atomic E-state index is 9.95. The van der Waals surface area contributed by atoms with Gasteiger partial charge in [-0.25, -0.2) is 0 Å². The molecule has 0 heterocycles. The predicted octanol–water partition coefficient (Wildman–Crippen LogP) is 0.936. The van der Waals surface area contributed by atoms with Crippen molar-refractivity contribution in [3.05, 3.63) is 18.2 Å². The lowest BCUT2D eigenvalue weighted by molar-refractivity contribution is -0.120. The van der Waals surface area contributed by atoms with E-state index < -0.39 is 0 Å². The molecule has 0 bridgehead atoms. The van der Waals surface area contributed by atoms with Gasteiger partial charge in [0.15, 0.2) is 11.5 Å². The van der Waals surface area contributed by atoms with Gasteiger partial charge in [0.2, 0.25) is 5.75 Å². The minimum atomic E-state index is -0.174. The highest BCUT2D eigenvalue weighted by Gasteiger charge is 2.06. The van der Waals surface area contributed by atoms with Crippen LogP contribution in [0.1, 0.15) is 0 Å². The fourth-order valence-electron chi connectivity index (χ4n) is 0.814. The molecule has 0 fully saturated rings. The largest absolute Gasteiger partial charge is 0.502 e. The van der Waals surface area contributed by atoms with Crippen LogP contribution in [0.25, 0.3) is 0 Å². The van der Waals surface area contributed by atoms with Crippen molar-refractivity contribution in [1.82, 2.24) is 0 Å². The van der Waals surface area contributed by atoms with E-state index in [1.165, 1.54) is 13.2 Å². The number of hydrogen-bond acceptors (Lipinski definition) is 4. The zero-order valence-corrected chi connectivity index (χ0v) is 6.48. The van der Waals surface area contributed by atoms with Gasteiger partial charge in [0.1, 0.15) is 0 Å². The number of phenolic OH excluding ortho intramolecular Hbond substituents is 1. The molecule has 0 aliphatic carbocycles. The van der Waals surface area contributed by atoms with E-state index in [9.17, 15) is 9.90 Å². The van der Waals surface area contributed by atoms with Crippen LogP contribution in [-0.4, -0.2) is 18.7 Å².